The molecule has 8 unspecified atom stereocenters. The Hall–Kier alpha value is -3.17. The summed E-state index contributed by atoms with van der Waals surface area (Å²) < 4.78 is 42.9. The number of aliphatic hydroxyl groups excluding tert-OH is 3. The molecule has 0 aromatic rings. The second kappa shape index (κ2) is 49.8. The first-order valence-corrected chi connectivity index (χ1v) is 29.6. The van der Waals surface area contributed by atoms with Crippen LogP contribution in [0.25, 0.3) is 0 Å². The summed E-state index contributed by atoms with van der Waals surface area (Å²) in [4.78, 5) is 58.2. The fourth-order valence-corrected chi connectivity index (χ4v) is 9.72. The van der Waals surface area contributed by atoms with Gasteiger partial charge in [0, 0.05) is 25.2 Å². The number of aliphatic hydroxyl groups is 3. The molecule has 23 heteroatoms. The highest BCUT2D eigenvalue weighted by molar-refractivity contribution is 5.72. The fraction of sp³-hybridized carbons (Fsp3) is 0.852. The number of nitrogens with one attached hydrogen (secondary N) is 4. The standard InChI is InChI=1S/C13H27N2O2.C13H26NO4.C11H22NO4.C10H19NO4.C9H18N2O2.CH4.4CH3/c1-4-7-15(9-6-14-12(2)3)8-5-13(16)17-11-10-15;1-4-5-14(6-7-17-13(16)9-14)8-12(15)10-18-11(2)3;1-9(2)16-8-10(13)6-12(3)4-5-15-11(14)7-12;1-8(2)15-7-9(12)5-11-3-4-14-10(13)6-11;1-8(2)10-3-4-11-5-6-13-9(12)7-11;;;;;/h12,14H,4-11H2,1-3H3;11-12,15H,4-10H2,1-3H3;9-10,13H,4-8H2,1-3H3;8-9,12H,3-7H2,1-2H3;8,10H,3-7H2,1-2H3;1H4;4*1H3/q3*+1;;;;4*-1/p+2. The molecule has 5 saturated heterocycles. The van der Waals surface area contributed by atoms with E-state index in [9.17, 15) is 39.3 Å². The largest absolute Gasteiger partial charge is 0.460 e. The van der Waals surface area contributed by atoms with Gasteiger partial charge in [0.15, 0.2) is 26.2 Å². The highest BCUT2D eigenvalue weighted by Crippen LogP contribution is 2.16. The van der Waals surface area contributed by atoms with Gasteiger partial charge in [0.1, 0.15) is 104 Å². The minimum Gasteiger partial charge on any atom is -0.460 e. The van der Waals surface area contributed by atoms with Gasteiger partial charge in [0.05, 0.1) is 84.3 Å². The minimum absolute atomic E-state index is 0. The Labute approximate surface area is 511 Å². The summed E-state index contributed by atoms with van der Waals surface area (Å²) in [6.07, 6.45) is 1.53. The lowest BCUT2D eigenvalue weighted by atomic mass is 10.2. The van der Waals surface area contributed by atoms with Crippen LogP contribution in [0.4, 0.5) is 0 Å². The van der Waals surface area contributed by atoms with Gasteiger partial charge >= 0.3 is 29.8 Å². The van der Waals surface area contributed by atoms with Crippen LogP contribution >= 0.6 is 0 Å². The molecule has 0 aromatic carbocycles. The molecule has 0 saturated carbocycles. The highest BCUT2D eigenvalue weighted by atomic mass is 16.6. The Kier molecular flexibility index (Phi) is 53.1. The van der Waals surface area contributed by atoms with Crippen molar-refractivity contribution in [1.82, 2.24) is 10.6 Å². The zero-order valence-electron chi connectivity index (χ0n) is 55.3. The van der Waals surface area contributed by atoms with Crippen LogP contribution in [0.1, 0.15) is 110 Å². The second-order valence-corrected chi connectivity index (χ2v) is 23.5. The number of carbonyl (C=O) groups is 5. The quantitative estimate of drug-likeness (QED) is 0.0257. The third-order valence-electron chi connectivity index (χ3n) is 13.7. The van der Waals surface area contributed by atoms with Crippen molar-refractivity contribution in [3.05, 3.63) is 29.7 Å². The molecule has 5 rings (SSSR count). The molecule has 7 N–H and O–H groups in total. The number of morpholine rings is 4. The Morgan fingerprint density at radius 2 is 0.917 bits per heavy atom. The molecule has 0 aliphatic carbocycles. The van der Waals surface area contributed by atoms with E-state index in [1.807, 2.05) is 48.6 Å². The van der Waals surface area contributed by atoms with Crippen molar-refractivity contribution in [3.63, 3.8) is 0 Å². The normalized spacial score (nSPS) is 24.0. The van der Waals surface area contributed by atoms with Crippen molar-refractivity contribution in [2.24, 2.45) is 0 Å². The molecule has 5 heterocycles. The molecule has 8 atom stereocenters. The third kappa shape index (κ3) is 44.3. The van der Waals surface area contributed by atoms with Crippen LogP contribution in [-0.2, 0) is 61.9 Å². The highest BCUT2D eigenvalue weighted by Gasteiger charge is 2.37. The maximum absolute atomic E-state index is 11.5. The molecule has 0 spiro atoms. The number of rotatable bonds is 27. The second-order valence-electron chi connectivity index (χ2n) is 23.5. The Morgan fingerprint density at radius 1 is 0.500 bits per heavy atom. The predicted molar refractivity (Wildman–Crippen MR) is 331 cm³/mol. The maximum Gasteiger partial charge on any atom is 0.362 e. The summed E-state index contributed by atoms with van der Waals surface area (Å²) in [5, 5.41) is 36.3. The molecule has 504 valence electrons. The van der Waals surface area contributed by atoms with Crippen molar-refractivity contribution < 1.29 is 100 Å². The van der Waals surface area contributed by atoms with Gasteiger partial charge < -0.3 is 117 Å². The van der Waals surface area contributed by atoms with E-state index in [1.54, 1.807) is 0 Å². The fourth-order valence-electron chi connectivity index (χ4n) is 9.72. The summed E-state index contributed by atoms with van der Waals surface area (Å²) in [5.41, 5.74) is 0. The van der Waals surface area contributed by atoms with Crippen LogP contribution in [0, 0.1) is 29.7 Å². The molecular formula is C61H130N7O16+. The minimum atomic E-state index is -0.529. The summed E-state index contributed by atoms with van der Waals surface area (Å²) in [5.74, 6) is -0.630. The number of cyclic esters (lactones) is 5. The zero-order chi connectivity index (χ0) is 59.4. The van der Waals surface area contributed by atoms with Crippen molar-refractivity contribution in [1.29, 1.82) is 0 Å². The van der Waals surface area contributed by atoms with Crippen LogP contribution in [0.3, 0.4) is 0 Å². The molecule has 5 fully saturated rings. The Balaban J connectivity index is -0.000000306. The Bertz CT molecular complexity index is 1680. The van der Waals surface area contributed by atoms with Crippen LogP contribution < -0.4 is 20.4 Å². The monoisotopic (exact) mass is 1220 g/mol. The lowest BCUT2D eigenvalue weighted by Crippen LogP contribution is -3.15. The van der Waals surface area contributed by atoms with E-state index >= 15 is 0 Å². The first-order valence-electron chi connectivity index (χ1n) is 29.6. The molecule has 5 aliphatic rings. The summed E-state index contributed by atoms with van der Waals surface area (Å²) in [7, 11) is 1.96. The molecular weight excluding hydrogens is 1090 g/mol. The maximum atomic E-state index is 11.5. The number of ether oxygens (including phenoxy) is 8. The predicted octanol–water partition coefficient (Wildman–Crippen LogP) is 0.567. The van der Waals surface area contributed by atoms with Crippen LogP contribution in [-0.4, -0.2) is 292 Å². The van der Waals surface area contributed by atoms with Crippen molar-refractivity contribution in [3.8, 4) is 0 Å². The van der Waals surface area contributed by atoms with Gasteiger partial charge in [-0.05, 0) is 54.4 Å². The lowest BCUT2D eigenvalue weighted by molar-refractivity contribution is -0.928. The number of nitrogens with zero attached hydrogens (tertiary/aromatic N) is 3. The molecule has 84 heavy (non-hydrogen) atoms. The number of esters is 5. The van der Waals surface area contributed by atoms with E-state index in [-0.39, 0.29) is 85.3 Å². The number of likely N-dealkylation sites (N-methyl/N-ethyl adjacent to an activating group) is 1. The third-order valence-corrected chi connectivity index (χ3v) is 13.7. The van der Waals surface area contributed by atoms with E-state index in [0.717, 1.165) is 101 Å². The molecule has 0 amide bonds. The first kappa shape index (κ1) is 89.6. The zero-order valence-corrected chi connectivity index (χ0v) is 55.3. The van der Waals surface area contributed by atoms with E-state index in [1.165, 1.54) is 4.90 Å². The average molecular weight is 1220 g/mol. The van der Waals surface area contributed by atoms with Gasteiger partial charge in [0.2, 0.25) is 0 Å². The van der Waals surface area contributed by atoms with Gasteiger partial charge in [-0.2, -0.15) is 0 Å². The molecule has 0 aromatic heterocycles. The van der Waals surface area contributed by atoms with Crippen LogP contribution in [0.15, 0.2) is 0 Å². The van der Waals surface area contributed by atoms with E-state index in [0.29, 0.717) is 126 Å². The molecule has 5 aliphatic heterocycles. The van der Waals surface area contributed by atoms with Crippen LogP contribution in [0.5, 0.6) is 0 Å². The van der Waals surface area contributed by atoms with Gasteiger partial charge in [-0.25, -0.2) is 19.2 Å². The smallest absolute Gasteiger partial charge is 0.362 e. The number of carbonyl (C=O) groups excluding carboxylic acids is 5. The molecule has 0 bridgehead atoms. The SMILES string of the molecule is C.CC(C)NCC[NH+]1CCOC(=O)C1.CC(C)OCC(O)C[N+]1(C)CCOC(=O)C1.CC(C)OCC(O)C[NH+]1CCOC(=O)C1.CCC[N+]1(CC(O)COC(C)C)CCOC(=O)C1.CCC[N+]1(CCNC(C)C)CCOC(=O)CC1.[CH3-].[CH3-].[CH3-].[CH3-]. The van der Waals surface area contributed by atoms with Gasteiger partial charge in [-0.3, -0.25) is 4.79 Å². The topological polar surface area (TPSA) is 253 Å². The summed E-state index contributed by atoms with van der Waals surface area (Å²) in [6.45, 7) is 42.5. The number of quaternary nitrogens is 5. The van der Waals surface area contributed by atoms with Crippen LogP contribution in [0.2, 0.25) is 0 Å². The summed E-state index contributed by atoms with van der Waals surface area (Å²) in [6, 6.07) is 1.05. The van der Waals surface area contributed by atoms with Gasteiger partial charge in [-0.1, -0.05) is 49.0 Å². The van der Waals surface area contributed by atoms with Gasteiger partial charge in [0.25, 0.3) is 0 Å². The molecule has 0 radical (unpaired) electrons. The van der Waals surface area contributed by atoms with Gasteiger partial charge in [-0.15, -0.1) is 0 Å². The lowest BCUT2D eigenvalue weighted by Gasteiger charge is -2.41. The van der Waals surface area contributed by atoms with Crippen molar-refractivity contribution >= 4 is 29.8 Å². The number of hydrogen-bond acceptors (Lipinski definition) is 18. The van der Waals surface area contributed by atoms with Crippen molar-refractivity contribution in [2.75, 3.05) is 184 Å². The molecule has 23 nitrogen and oxygen atoms in total. The van der Waals surface area contributed by atoms with E-state index < -0.39 is 18.3 Å². The average Bonchev–Trinajstić information content (AvgIpc) is 3.53. The Morgan fingerprint density at radius 3 is 1.40 bits per heavy atom. The van der Waals surface area contributed by atoms with E-state index in [2.05, 4.69) is 52.2 Å². The van der Waals surface area contributed by atoms with E-state index in [4.69, 9.17) is 37.9 Å². The first-order chi connectivity index (χ1) is 37.2. The number of hydrogen-bond donors (Lipinski definition) is 7. The van der Waals surface area contributed by atoms with Crippen molar-refractivity contribution in [2.45, 2.75) is 158 Å². The summed E-state index contributed by atoms with van der Waals surface area (Å²) >= 11 is 0.